The first-order valence-corrected chi connectivity index (χ1v) is 11.5. The standard InChI is InChI=1S/C25H27N3O5/c1-2-33-25(32)17-6-8-20(9-7-17)27-15-19(11-23(27)30)24(31)26-12-16-10-18(14-26)21-4-3-5-22(29)28(21)13-16/h3-9,16,18-19H,2,10-15H2,1H3/t16-,18+,19-/m1/s1. The second kappa shape index (κ2) is 8.50. The van der Waals surface area contributed by atoms with Crippen LogP contribution in [0.1, 0.15) is 41.7 Å². The van der Waals surface area contributed by atoms with E-state index in [0.717, 1.165) is 12.1 Å². The molecule has 2 aromatic rings. The second-order valence-electron chi connectivity index (χ2n) is 9.11. The molecule has 3 aliphatic heterocycles. The zero-order valence-electron chi connectivity index (χ0n) is 18.6. The topological polar surface area (TPSA) is 88.9 Å². The molecule has 2 bridgehead atoms. The largest absolute Gasteiger partial charge is 0.462 e. The predicted molar refractivity (Wildman–Crippen MR) is 121 cm³/mol. The molecule has 8 heteroatoms. The van der Waals surface area contributed by atoms with Crippen molar-refractivity contribution in [2.75, 3.05) is 31.1 Å². The molecule has 5 rings (SSSR count). The van der Waals surface area contributed by atoms with Gasteiger partial charge in [0.25, 0.3) is 5.56 Å². The summed E-state index contributed by atoms with van der Waals surface area (Å²) in [4.78, 5) is 53.7. The summed E-state index contributed by atoms with van der Waals surface area (Å²) in [7, 11) is 0. The maximum Gasteiger partial charge on any atom is 0.338 e. The van der Waals surface area contributed by atoms with Crippen LogP contribution in [-0.2, 0) is 20.9 Å². The van der Waals surface area contributed by atoms with Crippen molar-refractivity contribution in [3.8, 4) is 0 Å². The minimum Gasteiger partial charge on any atom is -0.462 e. The average molecular weight is 450 g/mol. The molecule has 3 aliphatic rings. The fraction of sp³-hybridized carbons (Fsp3) is 0.440. The van der Waals surface area contributed by atoms with Crippen molar-refractivity contribution < 1.29 is 19.1 Å². The molecule has 172 valence electrons. The Morgan fingerprint density at radius 2 is 1.79 bits per heavy atom. The summed E-state index contributed by atoms with van der Waals surface area (Å²) in [5, 5.41) is 0. The van der Waals surface area contributed by atoms with E-state index >= 15 is 0 Å². The quantitative estimate of drug-likeness (QED) is 0.667. The second-order valence-corrected chi connectivity index (χ2v) is 9.11. The van der Waals surface area contributed by atoms with Crippen LogP contribution in [0.4, 0.5) is 5.69 Å². The van der Waals surface area contributed by atoms with Gasteiger partial charge in [-0.05, 0) is 49.6 Å². The molecule has 2 amide bonds. The van der Waals surface area contributed by atoms with E-state index in [1.807, 2.05) is 15.5 Å². The zero-order chi connectivity index (χ0) is 23.1. The smallest absolute Gasteiger partial charge is 0.338 e. The number of rotatable bonds is 4. The molecule has 33 heavy (non-hydrogen) atoms. The molecule has 4 heterocycles. The number of aromatic nitrogens is 1. The molecule has 1 aromatic heterocycles. The Labute approximate surface area is 191 Å². The molecule has 0 unspecified atom stereocenters. The van der Waals surface area contributed by atoms with Gasteiger partial charge in [-0.25, -0.2) is 4.79 Å². The molecular formula is C25H27N3O5. The van der Waals surface area contributed by atoms with E-state index in [9.17, 15) is 19.2 Å². The number of carbonyl (C=O) groups excluding carboxylic acids is 3. The van der Waals surface area contributed by atoms with E-state index in [4.69, 9.17) is 4.74 Å². The maximum atomic E-state index is 13.4. The number of amides is 2. The molecular weight excluding hydrogens is 422 g/mol. The fourth-order valence-electron chi connectivity index (χ4n) is 5.45. The number of hydrogen-bond donors (Lipinski definition) is 0. The van der Waals surface area contributed by atoms with Gasteiger partial charge in [0, 0.05) is 56.0 Å². The summed E-state index contributed by atoms with van der Waals surface area (Å²) in [5.74, 6) is -0.465. The number of benzene rings is 1. The average Bonchev–Trinajstić information content (AvgIpc) is 3.21. The van der Waals surface area contributed by atoms with E-state index < -0.39 is 5.97 Å². The number of piperidine rings is 1. The summed E-state index contributed by atoms with van der Waals surface area (Å²) in [6.45, 7) is 4.22. The number of nitrogens with zero attached hydrogens (tertiary/aromatic N) is 3. The number of hydrogen-bond acceptors (Lipinski definition) is 5. The lowest BCUT2D eigenvalue weighted by Gasteiger charge is -2.43. The number of pyridine rings is 1. The first-order valence-electron chi connectivity index (χ1n) is 11.5. The molecule has 3 atom stereocenters. The fourth-order valence-corrected chi connectivity index (χ4v) is 5.45. The van der Waals surface area contributed by atoms with E-state index in [1.165, 1.54) is 0 Å². The van der Waals surface area contributed by atoms with E-state index in [0.29, 0.717) is 44.0 Å². The third kappa shape index (κ3) is 3.94. The first kappa shape index (κ1) is 21.4. The van der Waals surface area contributed by atoms with E-state index in [2.05, 4.69) is 0 Å². The maximum absolute atomic E-state index is 13.4. The van der Waals surface area contributed by atoms with Crippen LogP contribution in [-0.4, -0.2) is 53.5 Å². The Kier molecular flexibility index (Phi) is 5.52. The lowest BCUT2D eigenvalue weighted by atomic mass is 9.82. The van der Waals surface area contributed by atoms with Gasteiger partial charge in [0.1, 0.15) is 0 Å². The van der Waals surface area contributed by atoms with Gasteiger partial charge >= 0.3 is 5.97 Å². The van der Waals surface area contributed by atoms with Gasteiger partial charge in [-0.2, -0.15) is 0 Å². The van der Waals surface area contributed by atoms with Gasteiger partial charge < -0.3 is 19.1 Å². The lowest BCUT2D eigenvalue weighted by Crippen LogP contribution is -2.50. The molecule has 0 aliphatic carbocycles. The Morgan fingerprint density at radius 3 is 2.55 bits per heavy atom. The van der Waals surface area contributed by atoms with Gasteiger partial charge in [0.15, 0.2) is 0 Å². The van der Waals surface area contributed by atoms with Crippen molar-refractivity contribution in [2.24, 2.45) is 11.8 Å². The summed E-state index contributed by atoms with van der Waals surface area (Å²) >= 11 is 0. The van der Waals surface area contributed by atoms with Gasteiger partial charge in [0.2, 0.25) is 11.8 Å². The van der Waals surface area contributed by atoms with Gasteiger partial charge in [-0.15, -0.1) is 0 Å². The van der Waals surface area contributed by atoms with Crippen molar-refractivity contribution in [1.82, 2.24) is 9.47 Å². The van der Waals surface area contributed by atoms with Crippen LogP contribution in [0.2, 0.25) is 0 Å². The molecule has 2 fully saturated rings. The van der Waals surface area contributed by atoms with Crippen molar-refractivity contribution >= 4 is 23.5 Å². The predicted octanol–water partition coefficient (Wildman–Crippen LogP) is 2.02. The zero-order valence-corrected chi connectivity index (χ0v) is 18.6. The highest BCUT2D eigenvalue weighted by Gasteiger charge is 2.41. The van der Waals surface area contributed by atoms with Gasteiger partial charge in [-0.3, -0.25) is 14.4 Å². The molecule has 0 spiro atoms. The van der Waals surface area contributed by atoms with Crippen LogP contribution in [0.5, 0.6) is 0 Å². The first-order chi connectivity index (χ1) is 15.9. The van der Waals surface area contributed by atoms with Crippen LogP contribution < -0.4 is 10.5 Å². The molecule has 1 aromatic carbocycles. The number of carbonyl (C=O) groups is 3. The number of likely N-dealkylation sites (tertiary alicyclic amines) is 1. The minimum atomic E-state index is -0.399. The summed E-state index contributed by atoms with van der Waals surface area (Å²) in [6, 6.07) is 12.1. The summed E-state index contributed by atoms with van der Waals surface area (Å²) in [5.41, 5.74) is 2.13. The Balaban J connectivity index is 1.28. The number of ether oxygens (including phenoxy) is 1. The third-order valence-corrected chi connectivity index (χ3v) is 6.96. The van der Waals surface area contributed by atoms with E-state index in [1.54, 1.807) is 48.2 Å². The Bertz CT molecular complexity index is 1160. The molecule has 0 N–H and O–H groups in total. The normalized spacial score (nSPS) is 23.9. The molecule has 0 radical (unpaired) electrons. The van der Waals surface area contributed by atoms with Crippen LogP contribution in [0.3, 0.4) is 0 Å². The van der Waals surface area contributed by atoms with Crippen molar-refractivity contribution in [2.45, 2.75) is 32.2 Å². The highest BCUT2D eigenvalue weighted by atomic mass is 16.5. The van der Waals surface area contributed by atoms with E-state index in [-0.39, 0.29) is 41.5 Å². The third-order valence-electron chi connectivity index (χ3n) is 6.96. The monoisotopic (exact) mass is 449 g/mol. The van der Waals surface area contributed by atoms with Crippen molar-refractivity contribution in [3.05, 3.63) is 64.1 Å². The van der Waals surface area contributed by atoms with Gasteiger partial charge in [-0.1, -0.05) is 6.07 Å². The SMILES string of the molecule is CCOC(=O)c1ccc(N2C[C@H](C(=O)N3C[C@H]4C[C@@H](C3)c3cccc(=O)n3C4)CC2=O)cc1. The minimum absolute atomic E-state index is 0.00965. The molecule has 0 saturated carbocycles. The highest BCUT2D eigenvalue weighted by Crippen LogP contribution is 2.36. The van der Waals surface area contributed by atoms with Gasteiger partial charge in [0.05, 0.1) is 18.1 Å². The van der Waals surface area contributed by atoms with Crippen LogP contribution >= 0.6 is 0 Å². The summed E-state index contributed by atoms with van der Waals surface area (Å²) < 4.78 is 6.85. The van der Waals surface area contributed by atoms with Crippen molar-refractivity contribution in [1.29, 1.82) is 0 Å². The summed E-state index contributed by atoms with van der Waals surface area (Å²) in [6.07, 6.45) is 1.16. The Morgan fingerprint density at radius 1 is 1.00 bits per heavy atom. The van der Waals surface area contributed by atoms with Crippen LogP contribution in [0.25, 0.3) is 0 Å². The number of fused-ring (bicyclic) bond motifs is 4. The molecule has 8 nitrogen and oxygen atoms in total. The number of anilines is 1. The Hall–Kier alpha value is -3.42. The highest BCUT2D eigenvalue weighted by molar-refractivity contribution is 6.00. The van der Waals surface area contributed by atoms with Crippen LogP contribution in [0, 0.1) is 11.8 Å². The van der Waals surface area contributed by atoms with Crippen LogP contribution in [0.15, 0.2) is 47.3 Å². The molecule has 2 saturated heterocycles. The van der Waals surface area contributed by atoms with Crippen molar-refractivity contribution in [3.63, 3.8) is 0 Å². The number of esters is 1. The lowest BCUT2D eigenvalue weighted by molar-refractivity contribution is -0.138.